The number of aliphatic hydroxyl groups is 2. The second-order valence-electron chi connectivity index (χ2n) is 8.66. The molecule has 174 valence electrons. The summed E-state index contributed by atoms with van der Waals surface area (Å²) in [7, 11) is -2.19. The minimum Gasteiger partial charge on any atom is -0.388 e. The predicted molar refractivity (Wildman–Crippen MR) is 112 cm³/mol. The van der Waals surface area contributed by atoms with Crippen molar-refractivity contribution in [3.8, 4) is 0 Å². The maximum Gasteiger partial charge on any atom is 0.331 e. The molecule has 1 fully saturated rings. The first-order valence-electron chi connectivity index (χ1n) is 10.4. The Morgan fingerprint density at radius 1 is 1.26 bits per heavy atom. The van der Waals surface area contributed by atoms with Crippen molar-refractivity contribution in [3.05, 3.63) is 18.1 Å². The van der Waals surface area contributed by atoms with Crippen LogP contribution in [0.4, 0.5) is 0 Å². The SMILES string of the molecule is CCC(CC)P(=O)(O)OC(C)(C)CC1O[C@@H](n2cnc3c(=N)n(C)cnc32)[C@H](O)[C@@H]1O. The van der Waals surface area contributed by atoms with Crippen LogP contribution in [0, 0.1) is 5.41 Å². The summed E-state index contributed by atoms with van der Waals surface area (Å²) in [5, 5.41) is 29.3. The summed E-state index contributed by atoms with van der Waals surface area (Å²) >= 11 is 0. The molecule has 2 aromatic heterocycles. The Balaban J connectivity index is 1.80. The molecule has 0 aliphatic carbocycles. The van der Waals surface area contributed by atoms with Crippen LogP contribution in [0.3, 0.4) is 0 Å². The van der Waals surface area contributed by atoms with E-state index in [1.165, 1.54) is 21.8 Å². The molecule has 0 spiro atoms. The number of rotatable bonds is 8. The smallest absolute Gasteiger partial charge is 0.331 e. The van der Waals surface area contributed by atoms with Crippen molar-refractivity contribution in [2.75, 3.05) is 0 Å². The number of aryl methyl sites for hydroxylation is 1. The van der Waals surface area contributed by atoms with Crippen LogP contribution in [0.1, 0.15) is 53.2 Å². The van der Waals surface area contributed by atoms with Crippen LogP contribution >= 0.6 is 7.60 Å². The molecule has 0 radical (unpaired) electrons. The zero-order chi connectivity index (χ0) is 23.1. The van der Waals surface area contributed by atoms with Crippen molar-refractivity contribution in [3.63, 3.8) is 0 Å². The summed E-state index contributed by atoms with van der Waals surface area (Å²) in [4.78, 5) is 18.9. The van der Waals surface area contributed by atoms with Gasteiger partial charge in [-0.05, 0) is 26.7 Å². The number of nitrogens with one attached hydrogen (secondary N) is 1. The third-order valence-electron chi connectivity index (χ3n) is 5.78. The highest BCUT2D eigenvalue weighted by molar-refractivity contribution is 7.53. The fourth-order valence-electron chi connectivity index (χ4n) is 4.03. The van der Waals surface area contributed by atoms with Gasteiger partial charge in [0.05, 0.1) is 30.0 Å². The van der Waals surface area contributed by atoms with Crippen molar-refractivity contribution >= 4 is 18.8 Å². The molecular formula is C19H32N5O6P. The first-order chi connectivity index (χ1) is 14.4. The van der Waals surface area contributed by atoms with Crippen LogP contribution in [0.15, 0.2) is 12.7 Å². The summed E-state index contributed by atoms with van der Waals surface area (Å²) in [6.07, 6.45) is -0.341. The van der Waals surface area contributed by atoms with Gasteiger partial charge in [-0.25, -0.2) is 9.97 Å². The van der Waals surface area contributed by atoms with Gasteiger partial charge < -0.3 is 28.9 Å². The van der Waals surface area contributed by atoms with Crippen LogP contribution in [-0.4, -0.2) is 63.8 Å². The fourth-order valence-corrected chi connectivity index (χ4v) is 5.88. The molecule has 1 aliphatic rings. The average molecular weight is 457 g/mol. The number of aliphatic hydroxyl groups excluding tert-OH is 2. The Morgan fingerprint density at radius 3 is 2.52 bits per heavy atom. The van der Waals surface area contributed by atoms with E-state index in [4.69, 9.17) is 14.7 Å². The molecule has 12 heteroatoms. The maximum absolute atomic E-state index is 12.7. The number of aromatic nitrogens is 4. The van der Waals surface area contributed by atoms with E-state index >= 15 is 0 Å². The summed E-state index contributed by atoms with van der Waals surface area (Å²) in [5.74, 6) is 0. The van der Waals surface area contributed by atoms with Gasteiger partial charge in [0, 0.05) is 13.5 Å². The van der Waals surface area contributed by atoms with Crippen LogP contribution in [0.25, 0.3) is 11.2 Å². The van der Waals surface area contributed by atoms with Crippen molar-refractivity contribution in [1.82, 2.24) is 19.1 Å². The molecule has 0 bridgehead atoms. The fraction of sp³-hybridized carbons (Fsp3) is 0.737. The molecule has 5 atom stereocenters. The lowest BCUT2D eigenvalue weighted by Gasteiger charge is -2.33. The van der Waals surface area contributed by atoms with E-state index in [9.17, 15) is 19.7 Å². The molecule has 1 saturated heterocycles. The van der Waals surface area contributed by atoms with Crippen LogP contribution < -0.4 is 5.49 Å². The number of ether oxygens (including phenoxy) is 1. The van der Waals surface area contributed by atoms with Gasteiger partial charge in [-0.3, -0.25) is 14.5 Å². The first-order valence-corrected chi connectivity index (χ1v) is 12.0. The standard InChI is InChI=1S/C19H32N5O6P/c1-6-11(7-2)31(27,28)30-19(3,4)8-12-14(25)15(26)18(29-12)24-10-21-13-16(20)23(5)9-22-17(13)24/h9-12,14-15,18,20,25-26H,6-8H2,1-5H3,(H,27,28)/t12?,14-,15-,18-/m1/s1. The highest BCUT2D eigenvalue weighted by Gasteiger charge is 2.47. The minimum absolute atomic E-state index is 0.0884. The van der Waals surface area contributed by atoms with Crippen LogP contribution in [0.2, 0.25) is 0 Å². The summed E-state index contributed by atoms with van der Waals surface area (Å²) in [6, 6.07) is 0. The quantitative estimate of drug-likeness (QED) is 0.434. The molecular weight excluding hydrogens is 425 g/mol. The van der Waals surface area contributed by atoms with Gasteiger partial charge in [0.15, 0.2) is 17.4 Å². The summed E-state index contributed by atoms with van der Waals surface area (Å²) in [5.41, 5.74) is -0.700. The van der Waals surface area contributed by atoms with Crippen molar-refractivity contribution in [1.29, 1.82) is 5.41 Å². The highest BCUT2D eigenvalue weighted by Crippen LogP contribution is 2.54. The molecule has 4 N–H and O–H groups in total. The zero-order valence-electron chi connectivity index (χ0n) is 18.5. The average Bonchev–Trinajstić information content (AvgIpc) is 3.21. The molecule has 0 amide bonds. The molecule has 11 nitrogen and oxygen atoms in total. The van der Waals surface area contributed by atoms with E-state index in [1.807, 2.05) is 13.8 Å². The monoisotopic (exact) mass is 457 g/mol. The highest BCUT2D eigenvalue weighted by atomic mass is 31.2. The van der Waals surface area contributed by atoms with Crippen molar-refractivity contribution in [2.45, 2.75) is 82.8 Å². The van der Waals surface area contributed by atoms with E-state index in [2.05, 4.69) is 9.97 Å². The third kappa shape index (κ3) is 4.62. The van der Waals surface area contributed by atoms with E-state index < -0.39 is 43.4 Å². The topological polar surface area (TPSA) is 156 Å². The molecule has 2 unspecified atom stereocenters. The second-order valence-corrected chi connectivity index (χ2v) is 10.7. The van der Waals surface area contributed by atoms with Crippen LogP contribution in [0.5, 0.6) is 0 Å². The van der Waals surface area contributed by atoms with Gasteiger partial charge in [-0.15, -0.1) is 0 Å². The maximum atomic E-state index is 12.7. The Morgan fingerprint density at radius 2 is 1.90 bits per heavy atom. The number of fused-ring (bicyclic) bond motifs is 1. The predicted octanol–water partition coefficient (Wildman–Crippen LogP) is 1.43. The molecule has 2 aromatic rings. The zero-order valence-corrected chi connectivity index (χ0v) is 19.4. The van der Waals surface area contributed by atoms with Crippen LogP contribution in [-0.2, 0) is 20.9 Å². The molecule has 31 heavy (non-hydrogen) atoms. The van der Waals surface area contributed by atoms with E-state index in [-0.39, 0.29) is 11.9 Å². The molecule has 3 heterocycles. The second kappa shape index (κ2) is 8.73. The molecule has 0 aromatic carbocycles. The molecule has 3 rings (SSSR count). The lowest BCUT2D eigenvalue weighted by molar-refractivity contribution is -0.0605. The van der Waals surface area contributed by atoms with Crippen molar-refractivity contribution in [2.24, 2.45) is 7.05 Å². The Bertz CT molecular complexity index is 1030. The lowest BCUT2D eigenvalue weighted by Crippen LogP contribution is -2.37. The van der Waals surface area contributed by atoms with Gasteiger partial charge in [0.1, 0.15) is 17.7 Å². The Kier molecular flexibility index (Phi) is 6.76. The van der Waals surface area contributed by atoms with Gasteiger partial charge in [-0.1, -0.05) is 13.8 Å². The van der Waals surface area contributed by atoms with Gasteiger partial charge in [0.25, 0.3) is 0 Å². The van der Waals surface area contributed by atoms with E-state index in [0.29, 0.717) is 24.0 Å². The Labute approximate surface area is 180 Å². The van der Waals surface area contributed by atoms with Crippen molar-refractivity contribution < 1.29 is 28.9 Å². The first kappa shape index (κ1) is 24.0. The number of hydrogen-bond donors (Lipinski definition) is 4. The number of nitrogens with zero attached hydrogens (tertiary/aromatic N) is 4. The normalized spacial score (nSPS) is 26.6. The minimum atomic E-state index is -3.87. The van der Waals surface area contributed by atoms with Gasteiger partial charge >= 0.3 is 7.60 Å². The third-order valence-corrected chi connectivity index (χ3v) is 8.19. The largest absolute Gasteiger partial charge is 0.388 e. The number of imidazole rings is 1. The van der Waals surface area contributed by atoms with E-state index in [0.717, 1.165) is 0 Å². The number of hydrogen-bond acceptors (Lipinski definition) is 8. The van der Waals surface area contributed by atoms with E-state index in [1.54, 1.807) is 20.9 Å². The lowest BCUT2D eigenvalue weighted by atomic mass is 9.97. The molecule has 1 aliphatic heterocycles. The Hall–Kier alpha value is -1.62. The molecule has 0 saturated carbocycles. The summed E-state index contributed by atoms with van der Waals surface area (Å²) < 4.78 is 27.3. The van der Waals surface area contributed by atoms with Gasteiger partial charge in [0.2, 0.25) is 0 Å². The van der Waals surface area contributed by atoms with Gasteiger partial charge in [-0.2, -0.15) is 0 Å². The summed E-state index contributed by atoms with van der Waals surface area (Å²) in [6.45, 7) is 7.00.